The van der Waals surface area contributed by atoms with Gasteiger partial charge in [0.15, 0.2) is 0 Å². The van der Waals surface area contributed by atoms with Crippen LogP contribution in [0.3, 0.4) is 0 Å². The van der Waals surface area contributed by atoms with E-state index in [0.29, 0.717) is 18.1 Å². The molecule has 0 aromatic heterocycles. The molecule has 5 atom stereocenters. The van der Waals surface area contributed by atoms with Crippen LogP contribution < -0.4 is 0 Å². The topological polar surface area (TPSA) is 61.8 Å². The Kier molecular flexibility index (Phi) is 2.57. The van der Waals surface area contributed by atoms with E-state index in [1.54, 1.807) is 6.92 Å². The predicted molar refractivity (Wildman–Crippen MR) is 60.6 cm³/mol. The number of hydrogen-bond donors (Lipinski definition) is 0. The van der Waals surface area contributed by atoms with Gasteiger partial charge in [-0.1, -0.05) is 6.58 Å². The van der Waals surface area contributed by atoms with Crippen molar-refractivity contribution in [2.24, 2.45) is 17.8 Å². The molecule has 2 aliphatic carbocycles. The fraction of sp³-hybridized carbons (Fsp3) is 0.692. The van der Waals surface area contributed by atoms with Gasteiger partial charge in [0, 0.05) is 23.3 Å². The first kappa shape index (κ1) is 11.6. The molecule has 2 bridgehead atoms. The van der Waals surface area contributed by atoms with E-state index in [4.69, 9.17) is 14.2 Å². The van der Waals surface area contributed by atoms with Crippen molar-refractivity contribution in [1.82, 2.24) is 0 Å². The second kappa shape index (κ2) is 4.00. The SMILES string of the molecule is C=C(C)C(=O)OCC1CC2CC1C1OC(=O)OC21. The Morgan fingerprint density at radius 2 is 2.11 bits per heavy atom. The minimum Gasteiger partial charge on any atom is -0.462 e. The smallest absolute Gasteiger partial charge is 0.462 e. The van der Waals surface area contributed by atoms with Crippen LogP contribution in [0, 0.1) is 17.8 Å². The van der Waals surface area contributed by atoms with Crippen molar-refractivity contribution in [3.63, 3.8) is 0 Å². The van der Waals surface area contributed by atoms with Crippen LogP contribution >= 0.6 is 0 Å². The van der Waals surface area contributed by atoms with Gasteiger partial charge in [-0.2, -0.15) is 0 Å². The highest BCUT2D eigenvalue weighted by Gasteiger charge is 2.59. The molecule has 0 spiro atoms. The lowest BCUT2D eigenvalue weighted by Gasteiger charge is -2.27. The van der Waals surface area contributed by atoms with Crippen LogP contribution in [0.4, 0.5) is 4.79 Å². The molecule has 98 valence electrons. The third kappa shape index (κ3) is 1.69. The van der Waals surface area contributed by atoms with Crippen LogP contribution in [0.25, 0.3) is 0 Å². The maximum Gasteiger partial charge on any atom is 0.509 e. The highest BCUT2D eigenvalue weighted by molar-refractivity contribution is 5.86. The van der Waals surface area contributed by atoms with Crippen LogP contribution in [0.1, 0.15) is 19.8 Å². The minimum atomic E-state index is -0.556. The van der Waals surface area contributed by atoms with Gasteiger partial charge < -0.3 is 14.2 Å². The molecule has 1 aliphatic heterocycles. The highest BCUT2D eigenvalue weighted by Crippen LogP contribution is 2.53. The van der Waals surface area contributed by atoms with Crippen molar-refractivity contribution in [3.8, 4) is 0 Å². The Labute approximate surface area is 105 Å². The fourth-order valence-corrected chi connectivity index (χ4v) is 3.45. The number of fused-ring (bicyclic) bond motifs is 5. The predicted octanol–water partition coefficient (Wildman–Crippen LogP) is 1.67. The van der Waals surface area contributed by atoms with Gasteiger partial charge in [-0.3, -0.25) is 0 Å². The molecule has 0 aromatic carbocycles. The lowest BCUT2D eigenvalue weighted by molar-refractivity contribution is -0.141. The van der Waals surface area contributed by atoms with Crippen LogP contribution in [-0.4, -0.2) is 30.9 Å². The van der Waals surface area contributed by atoms with E-state index in [-0.39, 0.29) is 30.0 Å². The molecule has 3 fully saturated rings. The summed E-state index contributed by atoms with van der Waals surface area (Å²) in [6, 6.07) is 0. The van der Waals surface area contributed by atoms with Gasteiger partial charge in [-0.25, -0.2) is 9.59 Å². The van der Waals surface area contributed by atoms with Crippen molar-refractivity contribution in [2.45, 2.75) is 32.0 Å². The molecule has 5 heteroatoms. The molecule has 0 amide bonds. The molecule has 0 aromatic rings. The van der Waals surface area contributed by atoms with Crippen molar-refractivity contribution >= 4 is 12.1 Å². The molecular weight excluding hydrogens is 236 g/mol. The van der Waals surface area contributed by atoms with Gasteiger partial charge in [-0.15, -0.1) is 0 Å². The van der Waals surface area contributed by atoms with Crippen LogP contribution in [0.5, 0.6) is 0 Å². The number of hydrogen-bond acceptors (Lipinski definition) is 5. The van der Waals surface area contributed by atoms with E-state index >= 15 is 0 Å². The molecule has 3 aliphatic rings. The van der Waals surface area contributed by atoms with Gasteiger partial charge in [0.2, 0.25) is 0 Å². The molecule has 0 radical (unpaired) electrons. The number of esters is 1. The summed E-state index contributed by atoms with van der Waals surface area (Å²) in [7, 11) is 0. The molecule has 5 unspecified atom stereocenters. The number of rotatable bonds is 3. The van der Waals surface area contributed by atoms with Gasteiger partial charge in [-0.05, 0) is 19.8 Å². The fourth-order valence-electron chi connectivity index (χ4n) is 3.45. The number of ether oxygens (including phenoxy) is 3. The third-order valence-corrected chi connectivity index (χ3v) is 4.24. The average molecular weight is 252 g/mol. The Balaban J connectivity index is 1.60. The first-order valence-electron chi connectivity index (χ1n) is 6.26. The van der Waals surface area contributed by atoms with E-state index in [1.165, 1.54) is 0 Å². The zero-order chi connectivity index (χ0) is 12.9. The van der Waals surface area contributed by atoms with Crippen LogP contribution in [0.15, 0.2) is 12.2 Å². The van der Waals surface area contributed by atoms with Gasteiger partial charge in [0.1, 0.15) is 12.2 Å². The minimum absolute atomic E-state index is 0.0735. The summed E-state index contributed by atoms with van der Waals surface area (Å²) in [6.07, 6.45) is 1.17. The van der Waals surface area contributed by atoms with Crippen molar-refractivity contribution in [2.75, 3.05) is 6.61 Å². The second-order valence-electron chi connectivity index (χ2n) is 5.45. The summed E-state index contributed by atoms with van der Waals surface area (Å²) in [4.78, 5) is 22.4. The maximum absolute atomic E-state index is 11.4. The Bertz CT molecular complexity index is 416. The van der Waals surface area contributed by atoms with Gasteiger partial charge in [0.05, 0.1) is 6.61 Å². The highest BCUT2D eigenvalue weighted by atomic mass is 16.8. The lowest BCUT2D eigenvalue weighted by Crippen LogP contribution is -2.36. The summed E-state index contributed by atoms with van der Waals surface area (Å²) in [6.45, 7) is 5.56. The molecule has 3 rings (SSSR count). The van der Waals surface area contributed by atoms with E-state index in [1.807, 2.05) is 0 Å². The lowest BCUT2D eigenvalue weighted by atomic mass is 9.85. The molecule has 5 nitrogen and oxygen atoms in total. The molecule has 0 N–H and O–H groups in total. The van der Waals surface area contributed by atoms with E-state index in [2.05, 4.69) is 6.58 Å². The molecule has 18 heavy (non-hydrogen) atoms. The monoisotopic (exact) mass is 252 g/mol. The van der Waals surface area contributed by atoms with E-state index < -0.39 is 6.16 Å². The first-order chi connectivity index (χ1) is 8.56. The number of carbonyl (C=O) groups excluding carboxylic acids is 2. The number of carbonyl (C=O) groups is 2. The molecule has 1 saturated heterocycles. The van der Waals surface area contributed by atoms with Crippen LogP contribution in [-0.2, 0) is 19.0 Å². The van der Waals surface area contributed by atoms with E-state index in [0.717, 1.165) is 12.8 Å². The summed E-state index contributed by atoms with van der Waals surface area (Å²) in [5, 5.41) is 0. The largest absolute Gasteiger partial charge is 0.509 e. The van der Waals surface area contributed by atoms with Crippen molar-refractivity contribution in [3.05, 3.63) is 12.2 Å². The normalized spacial score (nSPS) is 40.1. The Morgan fingerprint density at radius 1 is 1.39 bits per heavy atom. The molecular formula is C13H16O5. The molecule has 2 saturated carbocycles. The summed E-state index contributed by atoms with van der Waals surface area (Å²) in [5.74, 6) is 0.549. The summed E-state index contributed by atoms with van der Waals surface area (Å²) in [5.41, 5.74) is 0.409. The molecule has 1 heterocycles. The van der Waals surface area contributed by atoms with Crippen LogP contribution in [0.2, 0.25) is 0 Å². The standard InChI is InChI=1S/C13H16O5/c1-6(2)12(14)16-5-8-3-7-4-9(8)11-10(7)17-13(15)18-11/h7-11H,1,3-5H2,2H3. The van der Waals surface area contributed by atoms with Crippen molar-refractivity contribution < 1.29 is 23.8 Å². The van der Waals surface area contributed by atoms with Gasteiger partial charge >= 0.3 is 12.1 Å². The summed E-state index contributed by atoms with van der Waals surface area (Å²) >= 11 is 0. The van der Waals surface area contributed by atoms with E-state index in [9.17, 15) is 9.59 Å². The summed E-state index contributed by atoms with van der Waals surface area (Å²) < 4.78 is 15.5. The maximum atomic E-state index is 11.4. The second-order valence-corrected chi connectivity index (χ2v) is 5.45. The first-order valence-corrected chi connectivity index (χ1v) is 6.26. The Hall–Kier alpha value is -1.52. The Morgan fingerprint density at radius 3 is 2.83 bits per heavy atom. The van der Waals surface area contributed by atoms with Gasteiger partial charge in [0.25, 0.3) is 0 Å². The zero-order valence-corrected chi connectivity index (χ0v) is 10.3. The third-order valence-electron chi connectivity index (χ3n) is 4.24. The quantitative estimate of drug-likeness (QED) is 0.564. The van der Waals surface area contributed by atoms with Crippen molar-refractivity contribution in [1.29, 1.82) is 0 Å². The zero-order valence-electron chi connectivity index (χ0n) is 10.3. The average Bonchev–Trinajstić information content (AvgIpc) is 2.95.